The Bertz CT molecular complexity index is 683. The number of hydrogen-bond donors (Lipinski definition) is 0. The lowest BCUT2D eigenvalue weighted by Gasteiger charge is -2.03. The van der Waals surface area contributed by atoms with Crippen LogP contribution in [0.15, 0.2) is 34.7 Å². The summed E-state index contributed by atoms with van der Waals surface area (Å²) in [5.74, 6) is 2.15. The van der Waals surface area contributed by atoms with Gasteiger partial charge in [0.05, 0.1) is 17.3 Å². The van der Waals surface area contributed by atoms with Crippen molar-refractivity contribution in [3.63, 3.8) is 0 Å². The molecule has 1 saturated heterocycles. The van der Waals surface area contributed by atoms with Crippen LogP contribution in [0.4, 0.5) is 0 Å². The van der Waals surface area contributed by atoms with E-state index in [-0.39, 0.29) is 11.0 Å². The molecule has 0 aliphatic carbocycles. The Morgan fingerprint density at radius 3 is 2.75 bits per heavy atom. The summed E-state index contributed by atoms with van der Waals surface area (Å²) in [6.45, 7) is 0. The highest BCUT2D eigenvalue weighted by atomic mass is 32.2. The molecule has 0 radical (unpaired) electrons. The van der Waals surface area contributed by atoms with E-state index in [1.165, 1.54) is 0 Å². The van der Waals surface area contributed by atoms with E-state index in [0.29, 0.717) is 29.7 Å². The molecule has 20 heavy (non-hydrogen) atoms. The van der Waals surface area contributed by atoms with Crippen LogP contribution in [0.5, 0.6) is 0 Å². The van der Waals surface area contributed by atoms with Gasteiger partial charge in [0.1, 0.15) is 0 Å². The fraction of sp³-hybridized carbons (Fsp3) is 0.385. The zero-order valence-corrected chi connectivity index (χ0v) is 12.4. The summed E-state index contributed by atoms with van der Waals surface area (Å²) in [5, 5.41) is 8.16. The predicted molar refractivity (Wildman–Crippen MR) is 78.1 cm³/mol. The molecule has 1 aromatic heterocycles. The van der Waals surface area contributed by atoms with Crippen molar-refractivity contribution in [3.05, 3.63) is 36.2 Å². The Morgan fingerprint density at radius 1 is 1.25 bits per heavy atom. The Morgan fingerprint density at radius 2 is 2.05 bits per heavy atom. The van der Waals surface area contributed by atoms with E-state index in [4.69, 9.17) is 4.42 Å². The molecule has 1 unspecified atom stereocenters. The second-order valence-corrected chi connectivity index (χ2v) is 8.22. The monoisotopic (exact) mass is 310 g/mol. The summed E-state index contributed by atoms with van der Waals surface area (Å²) in [4.78, 5) is 0. The summed E-state index contributed by atoms with van der Waals surface area (Å²) in [7, 11) is -2.83. The SMILES string of the molecule is O=S1(=O)CCC(SCc2nnc(-c3ccccc3)o2)C1. The number of sulfone groups is 1. The Labute approximate surface area is 121 Å². The number of aromatic nitrogens is 2. The lowest BCUT2D eigenvalue weighted by atomic mass is 10.2. The summed E-state index contributed by atoms with van der Waals surface area (Å²) < 4.78 is 28.3. The highest BCUT2D eigenvalue weighted by Crippen LogP contribution is 2.27. The summed E-state index contributed by atoms with van der Waals surface area (Å²) >= 11 is 1.57. The van der Waals surface area contributed by atoms with Gasteiger partial charge in [0.15, 0.2) is 9.84 Å². The van der Waals surface area contributed by atoms with Gasteiger partial charge in [-0.25, -0.2) is 8.42 Å². The van der Waals surface area contributed by atoms with Crippen LogP contribution in [0.2, 0.25) is 0 Å². The molecule has 2 aromatic rings. The Kier molecular flexibility index (Phi) is 3.80. The van der Waals surface area contributed by atoms with Crippen LogP contribution >= 0.6 is 11.8 Å². The molecule has 1 aliphatic heterocycles. The summed E-state index contributed by atoms with van der Waals surface area (Å²) in [6, 6.07) is 9.58. The lowest BCUT2D eigenvalue weighted by molar-refractivity contribution is 0.528. The minimum absolute atomic E-state index is 0.145. The molecule has 1 aliphatic rings. The zero-order valence-electron chi connectivity index (χ0n) is 10.7. The fourth-order valence-corrected chi connectivity index (χ4v) is 5.57. The highest BCUT2D eigenvalue weighted by molar-refractivity contribution is 8.01. The highest BCUT2D eigenvalue weighted by Gasteiger charge is 2.28. The third-order valence-electron chi connectivity index (χ3n) is 3.12. The molecule has 106 valence electrons. The molecule has 0 amide bonds. The van der Waals surface area contributed by atoms with Crippen molar-refractivity contribution in [2.45, 2.75) is 17.4 Å². The van der Waals surface area contributed by atoms with Gasteiger partial charge >= 0.3 is 0 Å². The van der Waals surface area contributed by atoms with Gasteiger partial charge < -0.3 is 4.42 Å². The van der Waals surface area contributed by atoms with Crippen molar-refractivity contribution in [1.82, 2.24) is 10.2 Å². The number of benzene rings is 1. The van der Waals surface area contributed by atoms with Gasteiger partial charge in [-0.05, 0) is 18.6 Å². The van der Waals surface area contributed by atoms with Gasteiger partial charge in [0.25, 0.3) is 0 Å². The van der Waals surface area contributed by atoms with E-state index < -0.39 is 9.84 Å². The first kappa shape index (κ1) is 13.6. The van der Waals surface area contributed by atoms with Crippen molar-refractivity contribution in [3.8, 4) is 11.5 Å². The smallest absolute Gasteiger partial charge is 0.247 e. The van der Waals surface area contributed by atoms with E-state index in [1.807, 2.05) is 30.3 Å². The first-order chi connectivity index (χ1) is 9.62. The first-order valence-corrected chi connectivity index (χ1v) is 9.19. The third kappa shape index (κ3) is 3.21. The van der Waals surface area contributed by atoms with E-state index >= 15 is 0 Å². The lowest BCUT2D eigenvalue weighted by Crippen LogP contribution is -2.06. The average molecular weight is 310 g/mol. The standard InChI is InChI=1S/C13H14N2O3S2/c16-20(17)7-6-11(9-20)19-8-12-14-15-13(18-12)10-4-2-1-3-5-10/h1-5,11H,6-9H2. The maximum atomic E-state index is 11.4. The van der Waals surface area contributed by atoms with Crippen molar-refractivity contribution in [1.29, 1.82) is 0 Å². The van der Waals surface area contributed by atoms with Gasteiger partial charge in [-0.2, -0.15) is 0 Å². The van der Waals surface area contributed by atoms with Crippen LogP contribution in [0.1, 0.15) is 12.3 Å². The molecule has 5 nitrogen and oxygen atoms in total. The molecule has 7 heteroatoms. The zero-order chi connectivity index (χ0) is 14.0. The topological polar surface area (TPSA) is 73.1 Å². The molecule has 0 saturated carbocycles. The largest absolute Gasteiger partial charge is 0.420 e. The van der Waals surface area contributed by atoms with Gasteiger partial charge in [-0.3, -0.25) is 0 Å². The molecular formula is C13H14N2O3S2. The molecule has 2 heterocycles. The number of nitrogens with zero attached hydrogens (tertiary/aromatic N) is 2. The van der Waals surface area contributed by atoms with Crippen molar-refractivity contribution >= 4 is 21.6 Å². The van der Waals surface area contributed by atoms with Crippen LogP contribution in [-0.2, 0) is 15.6 Å². The van der Waals surface area contributed by atoms with E-state index in [1.54, 1.807) is 11.8 Å². The quantitative estimate of drug-likeness (QED) is 0.861. The molecule has 1 fully saturated rings. The van der Waals surface area contributed by atoms with E-state index in [9.17, 15) is 8.42 Å². The Balaban J connectivity index is 1.61. The number of thioether (sulfide) groups is 1. The molecular weight excluding hydrogens is 296 g/mol. The molecule has 1 atom stereocenters. The fourth-order valence-electron chi connectivity index (χ4n) is 2.09. The van der Waals surface area contributed by atoms with Crippen LogP contribution in [0, 0.1) is 0 Å². The van der Waals surface area contributed by atoms with Crippen LogP contribution in [0.3, 0.4) is 0 Å². The molecule has 0 spiro atoms. The molecule has 0 bridgehead atoms. The number of hydrogen-bond acceptors (Lipinski definition) is 6. The minimum atomic E-state index is -2.83. The number of rotatable bonds is 4. The minimum Gasteiger partial charge on any atom is -0.420 e. The van der Waals surface area contributed by atoms with Crippen LogP contribution < -0.4 is 0 Å². The van der Waals surface area contributed by atoms with Gasteiger partial charge in [-0.15, -0.1) is 22.0 Å². The molecule has 1 aromatic carbocycles. The average Bonchev–Trinajstić information content (AvgIpc) is 3.04. The van der Waals surface area contributed by atoms with Crippen molar-refractivity contribution < 1.29 is 12.8 Å². The maximum Gasteiger partial charge on any atom is 0.247 e. The third-order valence-corrected chi connectivity index (χ3v) is 6.39. The first-order valence-electron chi connectivity index (χ1n) is 6.32. The summed E-state index contributed by atoms with van der Waals surface area (Å²) in [5.41, 5.74) is 0.889. The van der Waals surface area contributed by atoms with Gasteiger partial charge in [0, 0.05) is 10.8 Å². The molecule has 0 N–H and O–H groups in total. The van der Waals surface area contributed by atoms with E-state index in [0.717, 1.165) is 5.56 Å². The second-order valence-electron chi connectivity index (χ2n) is 4.70. The second kappa shape index (κ2) is 5.57. The van der Waals surface area contributed by atoms with Crippen molar-refractivity contribution in [2.75, 3.05) is 11.5 Å². The van der Waals surface area contributed by atoms with E-state index in [2.05, 4.69) is 10.2 Å². The molecule has 3 rings (SSSR count). The summed E-state index contributed by atoms with van der Waals surface area (Å²) in [6.07, 6.45) is 0.715. The van der Waals surface area contributed by atoms with Gasteiger partial charge in [-0.1, -0.05) is 18.2 Å². The maximum absolute atomic E-state index is 11.4. The Hall–Kier alpha value is -1.34. The normalized spacial score (nSPS) is 21.1. The predicted octanol–water partition coefficient (Wildman–Crippen LogP) is 2.16. The van der Waals surface area contributed by atoms with Crippen LogP contribution in [0.25, 0.3) is 11.5 Å². The van der Waals surface area contributed by atoms with Crippen molar-refractivity contribution in [2.24, 2.45) is 0 Å². The van der Waals surface area contributed by atoms with Crippen LogP contribution in [-0.4, -0.2) is 35.4 Å². The van der Waals surface area contributed by atoms with Gasteiger partial charge in [0.2, 0.25) is 11.8 Å².